The highest BCUT2D eigenvalue weighted by molar-refractivity contribution is 7.17. The van der Waals surface area contributed by atoms with Crippen molar-refractivity contribution < 1.29 is 14.3 Å². The number of tetrazole rings is 1. The van der Waals surface area contributed by atoms with Crippen LogP contribution in [0.2, 0.25) is 0 Å². The molecule has 47 heavy (non-hydrogen) atoms. The molecule has 0 saturated heterocycles. The molecule has 7 rings (SSSR count). The Morgan fingerprint density at radius 3 is 2.51 bits per heavy atom. The molecule has 3 heterocycles. The molecule has 0 bridgehead atoms. The zero-order chi connectivity index (χ0) is 32.3. The van der Waals surface area contributed by atoms with Crippen molar-refractivity contribution in [3.8, 4) is 39.0 Å². The van der Waals surface area contributed by atoms with Crippen LogP contribution in [0.3, 0.4) is 0 Å². The number of aromatic amines is 1. The van der Waals surface area contributed by atoms with Crippen LogP contribution in [0, 0.1) is 0 Å². The summed E-state index contributed by atoms with van der Waals surface area (Å²) in [5.41, 5.74) is 6.24. The molecule has 1 amide bonds. The smallest absolute Gasteiger partial charge is 0.251 e. The van der Waals surface area contributed by atoms with E-state index in [0.717, 1.165) is 56.8 Å². The third kappa shape index (κ3) is 6.31. The minimum Gasteiger partial charge on any atom is -0.489 e. The molecule has 3 aromatic carbocycles. The Labute approximate surface area is 276 Å². The van der Waals surface area contributed by atoms with E-state index in [1.165, 1.54) is 30.6 Å². The lowest BCUT2D eigenvalue weighted by molar-refractivity contribution is 0.0954. The first kappa shape index (κ1) is 30.5. The Kier molecular flexibility index (Phi) is 8.62. The molecule has 0 aliphatic heterocycles. The van der Waals surface area contributed by atoms with Gasteiger partial charge in [-0.1, -0.05) is 25.3 Å². The Morgan fingerprint density at radius 2 is 1.79 bits per heavy atom. The maximum absolute atomic E-state index is 12.7. The molecular weight excluding hydrogens is 611 g/mol. The van der Waals surface area contributed by atoms with Gasteiger partial charge < -0.3 is 14.6 Å². The summed E-state index contributed by atoms with van der Waals surface area (Å²) in [5.74, 6) is 2.08. The van der Waals surface area contributed by atoms with Crippen molar-refractivity contribution >= 4 is 34.1 Å². The summed E-state index contributed by atoms with van der Waals surface area (Å²) in [6.07, 6.45) is 5.94. The van der Waals surface area contributed by atoms with E-state index >= 15 is 0 Å². The number of carbonyl (C=O) groups excluding carboxylic acids is 2. The summed E-state index contributed by atoms with van der Waals surface area (Å²) in [6, 6.07) is 24.0. The molecule has 2 N–H and O–H groups in total. The summed E-state index contributed by atoms with van der Waals surface area (Å²) in [6.45, 7) is 4.26. The van der Waals surface area contributed by atoms with Gasteiger partial charge in [0.1, 0.15) is 18.2 Å². The third-order valence-corrected chi connectivity index (χ3v) is 9.88. The average Bonchev–Trinajstić information content (AvgIpc) is 3.88. The number of nitrogens with one attached hydrogen (secondary N) is 2. The lowest BCUT2D eigenvalue weighted by atomic mass is 9.95. The molecule has 0 spiro atoms. The van der Waals surface area contributed by atoms with Crippen molar-refractivity contribution in [2.24, 2.45) is 0 Å². The number of rotatable bonds is 10. The highest BCUT2D eigenvalue weighted by Crippen LogP contribution is 2.38. The third-order valence-electron chi connectivity index (χ3n) is 8.66. The molecule has 0 atom stereocenters. The summed E-state index contributed by atoms with van der Waals surface area (Å²) in [5, 5.41) is 17.4. The lowest BCUT2D eigenvalue weighted by Gasteiger charge is -2.25. The number of ether oxygens (including phenoxy) is 1. The second kappa shape index (κ2) is 13.3. The predicted molar refractivity (Wildman–Crippen MR) is 183 cm³/mol. The van der Waals surface area contributed by atoms with Gasteiger partial charge in [-0.2, -0.15) is 5.21 Å². The van der Waals surface area contributed by atoms with Gasteiger partial charge in [-0.25, -0.2) is 4.98 Å². The van der Waals surface area contributed by atoms with Crippen molar-refractivity contribution in [3.63, 3.8) is 0 Å². The van der Waals surface area contributed by atoms with E-state index in [2.05, 4.69) is 48.7 Å². The second-order valence-corrected chi connectivity index (χ2v) is 12.9. The number of aromatic nitrogens is 6. The maximum atomic E-state index is 12.7. The van der Waals surface area contributed by atoms with Crippen molar-refractivity contribution in [3.05, 3.63) is 88.8 Å². The fraction of sp³-hybridized carbons (Fsp3) is 0.278. The van der Waals surface area contributed by atoms with E-state index in [0.29, 0.717) is 34.6 Å². The molecular formula is C36H35N7O3S. The van der Waals surface area contributed by atoms with Crippen molar-refractivity contribution in [2.45, 2.75) is 58.6 Å². The van der Waals surface area contributed by atoms with E-state index in [4.69, 9.17) is 9.72 Å². The summed E-state index contributed by atoms with van der Waals surface area (Å²) in [7, 11) is 0. The largest absolute Gasteiger partial charge is 0.489 e. The number of H-pyrrole nitrogens is 1. The zero-order valence-corrected chi connectivity index (χ0v) is 27.1. The van der Waals surface area contributed by atoms with Gasteiger partial charge in [-0.3, -0.25) is 9.59 Å². The Hall–Kier alpha value is -5.16. The summed E-state index contributed by atoms with van der Waals surface area (Å²) in [4.78, 5) is 31.4. The molecule has 0 radical (unpaired) electrons. The number of imidazole rings is 1. The highest BCUT2D eigenvalue weighted by atomic mass is 32.1. The maximum Gasteiger partial charge on any atom is 0.251 e. The first-order chi connectivity index (χ1) is 23.0. The van der Waals surface area contributed by atoms with Gasteiger partial charge in [-0.15, -0.1) is 21.5 Å². The van der Waals surface area contributed by atoms with E-state index in [-0.39, 0.29) is 18.3 Å². The van der Waals surface area contributed by atoms with Crippen LogP contribution in [0.15, 0.2) is 72.8 Å². The number of Topliss-reactive ketones (excluding diaryl/α,β-unsaturated/α-hetero) is 1. The number of hydrogen-bond donors (Lipinski definition) is 2. The second-order valence-electron chi connectivity index (χ2n) is 11.8. The number of thiophene rings is 1. The molecule has 238 valence electrons. The van der Waals surface area contributed by atoms with Crippen LogP contribution in [0.4, 0.5) is 0 Å². The van der Waals surface area contributed by atoms with Gasteiger partial charge in [0.15, 0.2) is 5.78 Å². The topological polar surface area (TPSA) is 128 Å². The van der Waals surface area contributed by atoms with Crippen LogP contribution in [0.1, 0.15) is 77.6 Å². The number of amides is 1. The molecule has 0 unspecified atom stereocenters. The van der Waals surface area contributed by atoms with Crippen molar-refractivity contribution in [2.75, 3.05) is 6.54 Å². The molecule has 1 aliphatic rings. The van der Waals surface area contributed by atoms with Gasteiger partial charge in [0.25, 0.3) is 5.91 Å². The number of hydrogen-bond acceptors (Lipinski definition) is 8. The average molecular weight is 646 g/mol. The van der Waals surface area contributed by atoms with Crippen LogP contribution in [0.25, 0.3) is 44.2 Å². The standard InChI is InChI=1S/C36H35N7O3S/c1-3-37-36(45)25-11-15-29(33-18-17-32(47-33)22(2)44)26(19-25)21-46-28-13-9-23(10-14-28)35-38-30-20-24(34-39-41-42-40-34)12-16-31(30)43(35)27-7-5-4-6-8-27/h9-20,27H,3-8,21H2,1-2H3,(H,37,45)(H,39,40,41,42). The molecule has 1 fully saturated rings. The van der Waals surface area contributed by atoms with Crippen LogP contribution in [-0.4, -0.2) is 48.4 Å². The quantitative estimate of drug-likeness (QED) is 0.147. The predicted octanol–water partition coefficient (Wildman–Crippen LogP) is 7.65. The van der Waals surface area contributed by atoms with Crippen LogP contribution >= 0.6 is 11.3 Å². The summed E-state index contributed by atoms with van der Waals surface area (Å²) >= 11 is 1.44. The number of benzene rings is 3. The molecule has 1 saturated carbocycles. The Morgan fingerprint density at radius 1 is 0.979 bits per heavy atom. The van der Waals surface area contributed by atoms with E-state index in [1.807, 2.05) is 61.5 Å². The fourth-order valence-corrected chi connectivity index (χ4v) is 7.29. The summed E-state index contributed by atoms with van der Waals surface area (Å²) < 4.78 is 8.72. The number of nitrogens with zero attached hydrogens (tertiary/aromatic N) is 5. The zero-order valence-electron chi connectivity index (χ0n) is 26.3. The fourth-order valence-electron chi connectivity index (χ4n) is 6.32. The Balaban J connectivity index is 1.18. The van der Waals surface area contributed by atoms with Crippen LogP contribution in [-0.2, 0) is 6.61 Å². The molecule has 10 nitrogen and oxygen atoms in total. The van der Waals surface area contributed by atoms with E-state index < -0.39 is 0 Å². The van der Waals surface area contributed by atoms with Crippen LogP contribution in [0.5, 0.6) is 5.75 Å². The SMILES string of the molecule is CCNC(=O)c1ccc(-c2ccc(C(C)=O)s2)c(COc2ccc(-c3nc4cc(-c5nn[nH]n5)ccc4n3C3CCCCC3)cc2)c1. The monoisotopic (exact) mass is 645 g/mol. The van der Waals surface area contributed by atoms with Gasteiger partial charge in [-0.05, 0) is 110 Å². The minimum absolute atomic E-state index is 0.0301. The van der Waals surface area contributed by atoms with Gasteiger partial charge in [0.2, 0.25) is 5.82 Å². The van der Waals surface area contributed by atoms with Crippen LogP contribution < -0.4 is 10.1 Å². The number of fused-ring (bicyclic) bond motifs is 1. The van der Waals surface area contributed by atoms with E-state index in [9.17, 15) is 9.59 Å². The molecule has 3 aromatic heterocycles. The van der Waals surface area contributed by atoms with Gasteiger partial charge in [0.05, 0.1) is 15.9 Å². The van der Waals surface area contributed by atoms with E-state index in [1.54, 1.807) is 6.92 Å². The highest BCUT2D eigenvalue weighted by Gasteiger charge is 2.23. The number of carbonyl (C=O) groups is 2. The first-order valence-electron chi connectivity index (χ1n) is 16.0. The first-order valence-corrected chi connectivity index (χ1v) is 16.8. The normalized spacial score (nSPS) is 13.6. The minimum atomic E-state index is -0.134. The Bertz CT molecular complexity index is 2040. The molecule has 1 aliphatic carbocycles. The number of ketones is 1. The van der Waals surface area contributed by atoms with Gasteiger partial charge >= 0.3 is 0 Å². The lowest BCUT2D eigenvalue weighted by Crippen LogP contribution is -2.22. The van der Waals surface area contributed by atoms with Crippen molar-refractivity contribution in [1.82, 2.24) is 35.5 Å². The molecule has 6 aromatic rings. The van der Waals surface area contributed by atoms with Gasteiger partial charge in [0, 0.05) is 34.2 Å². The van der Waals surface area contributed by atoms with Crippen molar-refractivity contribution in [1.29, 1.82) is 0 Å². The molecule has 11 heteroatoms.